The molecule has 1 aromatic rings. The van der Waals surface area contributed by atoms with Gasteiger partial charge in [0.25, 0.3) is 0 Å². The summed E-state index contributed by atoms with van der Waals surface area (Å²) in [6.45, 7) is 9.73. The fourth-order valence-corrected chi connectivity index (χ4v) is 1.57. The number of rotatable bonds is 7. The lowest BCUT2D eigenvalue weighted by molar-refractivity contribution is 0.302. The molecule has 4 heteroatoms. The quantitative estimate of drug-likeness (QED) is 0.677. The Bertz CT molecular complexity index is 265. The Hall–Kier alpha value is -0.870. The second kappa shape index (κ2) is 6.58. The highest BCUT2D eigenvalue weighted by Crippen LogP contribution is 1.94. The molecule has 0 atom stereocenters. The molecule has 0 aliphatic heterocycles. The van der Waals surface area contributed by atoms with Crippen LogP contribution in [0.4, 0.5) is 0 Å². The van der Waals surface area contributed by atoms with Crippen molar-refractivity contribution in [2.24, 2.45) is 7.05 Å². The minimum absolute atomic E-state index is 0.912. The molecule has 0 aromatic carbocycles. The highest BCUT2D eigenvalue weighted by atomic mass is 15.2. The second-order valence-electron chi connectivity index (χ2n) is 3.73. The van der Waals surface area contributed by atoms with Crippen molar-refractivity contribution >= 4 is 0 Å². The van der Waals surface area contributed by atoms with Gasteiger partial charge in [-0.1, -0.05) is 13.8 Å². The SMILES string of the molecule is CCN(CC)CCNCc1cnn(C)c1. The van der Waals surface area contributed by atoms with E-state index in [2.05, 4.69) is 29.2 Å². The second-order valence-corrected chi connectivity index (χ2v) is 3.73. The van der Waals surface area contributed by atoms with Gasteiger partial charge in [-0.25, -0.2) is 0 Å². The fraction of sp³-hybridized carbons (Fsp3) is 0.727. The molecule has 0 fully saturated rings. The van der Waals surface area contributed by atoms with Crippen molar-refractivity contribution in [3.05, 3.63) is 18.0 Å². The normalized spacial score (nSPS) is 11.2. The van der Waals surface area contributed by atoms with Gasteiger partial charge in [-0.15, -0.1) is 0 Å². The molecule has 1 N–H and O–H groups in total. The molecular formula is C11H22N4. The molecule has 1 aromatic heterocycles. The largest absolute Gasteiger partial charge is 0.311 e. The first-order chi connectivity index (χ1) is 7.26. The first-order valence-corrected chi connectivity index (χ1v) is 5.66. The predicted octanol–water partition coefficient (Wildman–Crippen LogP) is 0.851. The van der Waals surface area contributed by atoms with E-state index in [1.165, 1.54) is 5.56 Å². The number of aromatic nitrogens is 2. The summed E-state index contributed by atoms with van der Waals surface area (Å²) in [6.07, 6.45) is 3.95. The van der Waals surface area contributed by atoms with Crippen LogP contribution in [0.2, 0.25) is 0 Å². The lowest BCUT2D eigenvalue weighted by Crippen LogP contribution is -2.31. The number of aryl methyl sites for hydroxylation is 1. The summed E-state index contributed by atoms with van der Waals surface area (Å²) in [5.74, 6) is 0. The van der Waals surface area contributed by atoms with Crippen LogP contribution >= 0.6 is 0 Å². The Morgan fingerprint density at radius 3 is 2.67 bits per heavy atom. The summed E-state index contributed by atoms with van der Waals surface area (Å²) in [6, 6.07) is 0. The van der Waals surface area contributed by atoms with Gasteiger partial charge < -0.3 is 10.2 Å². The maximum Gasteiger partial charge on any atom is 0.0534 e. The Morgan fingerprint density at radius 1 is 1.40 bits per heavy atom. The monoisotopic (exact) mass is 210 g/mol. The zero-order valence-corrected chi connectivity index (χ0v) is 10.0. The Morgan fingerprint density at radius 2 is 2.13 bits per heavy atom. The van der Waals surface area contributed by atoms with Crippen molar-refractivity contribution in [2.45, 2.75) is 20.4 Å². The van der Waals surface area contributed by atoms with Crippen LogP contribution < -0.4 is 5.32 Å². The third-order valence-corrected chi connectivity index (χ3v) is 2.59. The average molecular weight is 210 g/mol. The molecule has 0 radical (unpaired) electrons. The summed E-state index contributed by atoms with van der Waals surface area (Å²) in [5, 5.41) is 7.55. The summed E-state index contributed by atoms with van der Waals surface area (Å²) in [5.41, 5.74) is 1.25. The van der Waals surface area contributed by atoms with Crippen LogP contribution in [0.5, 0.6) is 0 Å². The topological polar surface area (TPSA) is 33.1 Å². The van der Waals surface area contributed by atoms with Crippen LogP contribution in [0.25, 0.3) is 0 Å². The lowest BCUT2D eigenvalue weighted by Gasteiger charge is -2.17. The number of hydrogen-bond acceptors (Lipinski definition) is 3. The van der Waals surface area contributed by atoms with Crippen molar-refractivity contribution in [3.63, 3.8) is 0 Å². The Kier molecular flexibility index (Phi) is 5.36. The van der Waals surface area contributed by atoms with E-state index in [1.807, 2.05) is 24.1 Å². The van der Waals surface area contributed by atoms with Crippen LogP contribution in [0.3, 0.4) is 0 Å². The van der Waals surface area contributed by atoms with Gasteiger partial charge in [0.1, 0.15) is 0 Å². The fourth-order valence-electron chi connectivity index (χ4n) is 1.57. The minimum Gasteiger partial charge on any atom is -0.311 e. The molecule has 4 nitrogen and oxygen atoms in total. The van der Waals surface area contributed by atoms with Gasteiger partial charge in [-0.2, -0.15) is 5.10 Å². The molecule has 0 amide bonds. The van der Waals surface area contributed by atoms with Crippen LogP contribution in [0, 0.1) is 0 Å². The number of nitrogens with one attached hydrogen (secondary N) is 1. The van der Waals surface area contributed by atoms with Crippen molar-refractivity contribution in [3.8, 4) is 0 Å². The third kappa shape index (κ3) is 4.44. The number of hydrogen-bond donors (Lipinski definition) is 1. The van der Waals surface area contributed by atoms with E-state index in [-0.39, 0.29) is 0 Å². The van der Waals surface area contributed by atoms with Gasteiger partial charge in [-0.05, 0) is 13.1 Å². The van der Waals surface area contributed by atoms with Crippen molar-refractivity contribution < 1.29 is 0 Å². The third-order valence-electron chi connectivity index (χ3n) is 2.59. The molecule has 15 heavy (non-hydrogen) atoms. The van der Waals surface area contributed by atoms with E-state index in [4.69, 9.17) is 0 Å². The molecule has 0 aliphatic rings. The van der Waals surface area contributed by atoms with E-state index >= 15 is 0 Å². The van der Waals surface area contributed by atoms with Gasteiger partial charge in [0.2, 0.25) is 0 Å². The molecule has 0 bridgehead atoms. The van der Waals surface area contributed by atoms with Crippen LogP contribution in [0.1, 0.15) is 19.4 Å². The standard InChI is InChI=1S/C11H22N4/c1-4-15(5-2)7-6-12-8-11-9-13-14(3)10-11/h9-10,12H,4-8H2,1-3H3. The summed E-state index contributed by atoms with van der Waals surface area (Å²) in [4.78, 5) is 2.41. The number of likely N-dealkylation sites (N-methyl/N-ethyl adjacent to an activating group) is 1. The Labute approximate surface area is 92.3 Å². The molecule has 1 heterocycles. The molecule has 86 valence electrons. The maximum absolute atomic E-state index is 4.13. The summed E-state index contributed by atoms with van der Waals surface area (Å²) in [7, 11) is 1.94. The van der Waals surface area contributed by atoms with Gasteiger partial charge in [-0.3, -0.25) is 4.68 Å². The van der Waals surface area contributed by atoms with E-state index < -0.39 is 0 Å². The van der Waals surface area contributed by atoms with Crippen LogP contribution in [0.15, 0.2) is 12.4 Å². The van der Waals surface area contributed by atoms with Crippen molar-refractivity contribution in [1.29, 1.82) is 0 Å². The first kappa shape index (κ1) is 12.2. The van der Waals surface area contributed by atoms with Crippen molar-refractivity contribution in [1.82, 2.24) is 20.0 Å². The van der Waals surface area contributed by atoms with Gasteiger partial charge in [0.05, 0.1) is 6.20 Å². The molecule has 0 unspecified atom stereocenters. The van der Waals surface area contributed by atoms with E-state index in [0.717, 1.165) is 32.7 Å². The lowest BCUT2D eigenvalue weighted by atomic mass is 10.3. The highest BCUT2D eigenvalue weighted by Gasteiger charge is 1.98. The van der Waals surface area contributed by atoms with E-state index in [9.17, 15) is 0 Å². The van der Waals surface area contributed by atoms with Crippen LogP contribution in [-0.2, 0) is 13.6 Å². The molecule has 0 saturated heterocycles. The zero-order chi connectivity index (χ0) is 11.1. The predicted molar refractivity (Wildman–Crippen MR) is 62.7 cm³/mol. The van der Waals surface area contributed by atoms with Gasteiger partial charge >= 0.3 is 0 Å². The average Bonchev–Trinajstić information content (AvgIpc) is 2.65. The Balaban J connectivity index is 2.11. The first-order valence-electron chi connectivity index (χ1n) is 5.66. The molecular weight excluding hydrogens is 188 g/mol. The molecule has 0 spiro atoms. The van der Waals surface area contributed by atoms with Gasteiger partial charge in [0.15, 0.2) is 0 Å². The minimum atomic E-state index is 0.912. The summed E-state index contributed by atoms with van der Waals surface area (Å²) >= 11 is 0. The maximum atomic E-state index is 4.13. The molecule has 1 rings (SSSR count). The summed E-state index contributed by atoms with van der Waals surface area (Å²) < 4.78 is 1.83. The smallest absolute Gasteiger partial charge is 0.0534 e. The van der Waals surface area contributed by atoms with Crippen molar-refractivity contribution in [2.75, 3.05) is 26.2 Å². The zero-order valence-electron chi connectivity index (χ0n) is 10.0. The van der Waals surface area contributed by atoms with E-state index in [1.54, 1.807) is 0 Å². The van der Waals surface area contributed by atoms with E-state index in [0.29, 0.717) is 0 Å². The molecule has 0 aliphatic carbocycles. The molecule has 0 saturated carbocycles. The van der Waals surface area contributed by atoms with Crippen LogP contribution in [-0.4, -0.2) is 40.9 Å². The number of nitrogens with zero attached hydrogens (tertiary/aromatic N) is 3. The van der Waals surface area contributed by atoms with Gasteiger partial charge in [0, 0.05) is 38.4 Å². The highest BCUT2D eigenvalue weighted by molar-refractivity contribution is 5.02.